The highest BCUT2D eigenvalue weighted by Gasteiger charge is 2.50. The summed E-state index contributed by atoms with van der Waals surface area (Å²) in [5.74, 6) is -1.89. The molecule has 5 atom stereocenters. The standard InChI is InChI=1S/C27H23IO7/c1-17-21(28)22(33-24(29)18-11-5-2-6-12-18)23(34-25(30)19-13-7-3-8-14-19)27(32-17)35-26(31)20-15-9-4-10-16-20/h2-17,21-23,27H,1H3/t17-,21-,22+,23-,27-/m0/s1. The van der Waals surface area contributed by atoms with E-state index in [1.54, 1.807) is 97.9 Å². The Morgan fingerprint density at radius 3 is 1.43 bits per heavy atom. The van der Waals surface area contributed by atoms with Crippen molar-refractivity contribution in [3.63, 3.8) is 0 Å². The Balaban J connectivity index is 1.63. The van der Waals surface area contributed by atoms with Gasteiger partial charge < -0.3 is 18.9 Å². The second kappa shape index (κ2) is 11.5. The molecule has 0 aromatic heterocycles. The van der Waals surface area contributed by atoms with Crippen molar-refractivity contribution in [2.75, 3.05) is 0 Å². The first-order valence-corrected chi connectivity index (χ1v) is 12.3. The topological polar surface area (TPSA) is 88.1 Å². The van der Waals surface area contributed by atoms with Crippen LogP contribution in [0.15, 0.2) is 91.0 Å². The Morgan fingerprint density at radius 1 is 0.629 bits per heavy atom. The number of halogens is 1. The van der Waals surface area contributed by atoms with Gasteiger partial charge in [-0.3, -0.25) is 0 Å². The molecule has 1 heterocycles. The number of carbonyl (C=O) groups excluding carboxylic acids is 3. The van der Waals surface area contributed by atoms with Crippen molar-refractivity contribution in [2.24, 2.45) is 0 Å². The van der Waals surface area contributed by atoms with Gasteiger partial charge in [-0.15, -0.1) is 0 Å². The van der Waals surface area contributed by atoms with Crippen LogP contribution in [0.3, 0.4) is 0 Å². The van der Waals surface area contributed by atoms with Crippen LogP contribution >= 0.6 is 22.6 Å². The average molecular weight is 586 g/mol. The number of rotatable bonds is 6. The van der Waals surface area contributed by atoms with Crippen molar-refractivity contribution in [3.8, 4) is 0 Å². The molecule has 3 aromatic carbocycles. The van der Waals surface area contributed by atoms with Gasteiger partial charge in [-0.1, -0.05) is 77.2 Å². The van der Waals surface area contributed by atoms with Gasteiger partial charge in [-0.2, -0.15) is 0 Å². The van der Waals surface area contributed by atoms with Crippen LogP contribution in [0.1, 0.15) is 38.0 Å². The molecular formula is C27H23IO7. The van der Waals surface area contributed by atoms with Crippen LogP contribution in [0.5, 0.6) is 0 Å². The second-order valence-electron chi connectivity index (χ2n) is 7.90. The molecule has 35 heavy (non-hydrogen) atoms. The minimum absolute atomic E-state index is 0.303. The summed E-state index contributed by atoms with van der Waals surface area (Å²) < 4.78 is 22.8. The molecule has 0 N–H and O–H groups in total. The molecule has 4 rings (SSSR count). The molecule has 0 bridgehead atoms. The van der Waals surface area contributed by atoms with Crippen molar-refractivity contribution in [1.82, 2.24) is 0 Å². The lowest BCUT2D eigenvalue weighted by Gasteiger charge is -2.42. The van der Waals surface area contributed by atoms with Crippen molar-refractivity contribution in [2.45, 2.75) is 35.5 Å². The van der Waals surface area contributed by atoms with Crippen LogP contribution in [0.2, 0.25) is 0 Å². The largest absolute Gasteiger partial charge is 0.453 e. The third-order valence-corrected chi connectivity index (χ3v) is 7.16. The lowest BCUT2D eigenvalue weighted by atomic mass is 10.0. The van der Waals surface area contributed by atoms with Gasteiger partial charge in [-0.05, 0) is 43.3 Å². The average Bonchev–Trinajstić information content (AvgIpc) is 2.90. The highest BCUT2D eigenvalue weighted by Crippen LogP contribution is 2.33. The molecule has 0 unspecified atom stereocenters. The van der Waals surface area contributed by atoms with Crippen molar-refractivity contribution >= 4 is 40.5 Å². The summed E-state index contributed by atoms with van der Waals surface area (Å²) in [6.07, 6.45) is -3.89. The van der Waals surface area contributed by atoms with Crippen LogP contribution in [0.25, 0.3) is 0 Å². The predicted octanol–water partition coefficient (Wildman–Crippen LogP) is 4.84. The zero-order chi connectivity index (χ0) is 24.8. The number of benzene rings is 3. The summed E-state index contributed by atoms with van der Waals surface area (Å²) >= 11 is 2.10. The maximum atomic E-state index is 12.9. The first-order valence-electron chi connectivity index (χ1n) is 11.0. The summed E-state index contributed by atoms with van der Waals surface area (Å²) in [6, 6.07) is 25.3. The van der Waals surface area contributed by atoms with E-state index in [4.69, 9.17) is 18.9 Å². The van der Waals surface area contributed by atoms with Gasteiger partial charge >= 0.3 is 17.9 Å². The van der Waals surface area contributed by atoms with Crippen LogP contribution in [-0.4, -0.2) is 46.4 Å². The number of hydrogen-bond donors (Lipinski definition) is 0. The minimum Gasteiger partial charge on any atom is -0.453 e. The van der Waals surface area contributed by atoms with Gasteiger partial charge in [0.05, 0.1) is 26.7 Å². The molecule has 8 heteroatoms. The van der Waals surface area contributed by atoms with E-state index in [0.717, 1.165) is 0 Å². The van der Waals surface area contributed by atoms with Crippen molar-refractivity contribution in [3.05, 3.63) is 108 Å². The lowest BCUT2D eigenvalue weighted by molar-refractivity contribution is -0.236. The van der Waals surface area contributed by atoms with E-state index in [1.807, 2.05) is 0 Å². The summed E-state index contributed by atoms with van der Waals surface area (Å²) in [5.41, 5.74) is 0.963. The molecule has 7 nitrogen and oxygen atoms in total. The van der Waals surface area contributed by atoms with Crippen LogP contribution in [-0.2, 0) is 18.9 Å². The van der Waals surface area contributed by atoms with Crippen molar-refractivity contribution in [1.29, 1.82) is 0 Å². The molecule has 0 radical (unpaired) electrons. The Hall–Kier alpha value is -3.24. The molecule has 0 spiro atoms. The highest BCUT2D eigenvalue weighted by atomic mass is 127. The first kappa shape index (κ1) is 24.9. The molecule has 1 saturated heterocycles. The van der Waals surface area contributed by atoms with Gasteiger partial charge in [0.25, 0.3) is 0 Å². The summed E-state index contributed by atoms with van der Waals surface area (Å²) in [6.45, 7) is 1.78. The molecule has 1 fully saturated rings. The second-order valence-corrected chi connectivity index (χ2v) is 9.34. The minimum atomic E-state index is -1.29. The van der Waals surface area contributed by atoms with Gasteiger partial charge in [0, 0.05) is 0 Å². The number of ether oxygens (including phenoxy) is 4. The third-order valence-electron chi connectivity index (χ3n) is 5.44. The molecular weight excluding hydrogens is 563 g/mol. The third kappa shape index (κ3) is 6.07. The summed E-state index contributed by atoms with van der Waals surface area (Å²) in [4.78, 5) is 38.6. The molecule has 1 aliphatic rings. The first-order chi connectivity index (χ1) is 16.9. The zero-order valence-corrected chi connectivity index (χ0v) is 20.9. The Bertz CT molecular complexity index is 1150. The zero-order valence-electron chi connectivity index (χ0n) is 18.8. The number of hydrogen-bond acceptors (Lipinski definition) is 7. The number of esters is 3. The fourth-order valence-electron chi connectivity index (χ4n) is 3.60. The summed E-state index contributed by atoms with van der Waals surface area (Å²) in [7, 11) is 0. The van der Waals surface area contributed by atoms with E-state index >= 15 is 0 Å². The van der Waals surface area contributed by atoms with Gasteiger partial charge in [0.15, 0.2) is 6.10 Å². The normalized spacial score (nSPS) is 23.7. The molecule has 1 aliphatic heterocycles. The monoisotopic (exact) mass is 586 g/mol. The Morgan fingerprint density at radius 2 is 1.00 bits per heavy atom. The maximum Gasteiger partial charge on any atom is 0.340 e. The molecule has 0 saturated carbocycles. The highest BCUT2D eigenvalue weighted by molar-refractivity contribution is 14.1. The van der Waals surface area contributed by atoms with Gasteiger partial charge in [0.1, 0.15) is 0 Å². The number of carbonyl (C=O) groups is 3. The van der Waals surface area contributed by atoms with Crippen LogP contribution in [0.4, 0.5) is 0 Å². The van der Waals surface area contributed by atoms with E-state index in [1.165, 1.54) is 0 Å². The van der Waals surface area contributed by atoms with Crippen LogP contribution in [0, 0.1) is 0 Å². The smallest absolute Gasteiger partial charge is 0.340 e. The van der Waals surface area contributed by atoms with E-state index in [9.17, 15) is 14.4 Å². The van der Waals surface area contributed by atoms with Crippen LogP contribution < -0.4 is 0 Å². The molecule has 0 aliphatic carbocycles. The van der Waals surface area contributed by atoms with E-state index in [0.29, 0.717) is 16.7 Å². The van der Waals surface area contributed by atoms with E-state index in [-0.39, 0.29) is 3.92 Å². The Labute approximate surface area is 216 Å². The molecule has 3 aromatic rings. The van der Waals surface area contributed by atoms with Gasteiger partial charge in [0.2, 0.25) is 12.4 Å². The maximum absolute atomic E-state index is 12.9. The number of alkyl halides is 1. The Kier molecular flexibility index (Phi) is 8.14. The fraction of sp³-hybridized carbons (Fsp3) is 0.222. The predicted molar refractivity (Wildman–Crippen MR) is 135 cm³/mol. The van der Waals surface area contributed by atoms with Crippen molar-refractivity contribution < 1.29 is 33.3 Å². The van der Waals surface area contributed by atoms with E-state index < -0.39 is 42.5 Å². The SMILES string of the molecule is C[C@@H]1O[C@@H](OC(=O)c2ccccc2)[C@@H](OC(=O)c2ccccc2)[C@H](OC(=O)c2ccccc2)[C@H]1I. The fourth-order valence-corrected chi connectivity index (χ4v) is 4.32. The lowest BCUT2D eigenvalue weighted by Crippen LogP contribution is -2.58. The van der Waals surface area contributed by atoms with E-state index in [2.05, 4.69) is 22.6 Å². The quantitative estimate of drug-likeness (QED) is 0.177. The molecule has 0 amide bonds. The summed E-state index contributed by atoms with van der Waals surface area (Å²) in [5, 5.41) is 0. The van der Waals surface area contributed by atoms with Gasteiger partial charge in [-0.25, -0.2) is 14.4 Å². The molecule has 180 valence electrons.